The minimum absolute atomic E-state index is 0.0262. The molecule has 156 valence electrons. The molecule has 1 unspecified atom stereocenters. The summed E-state index contributed by atoms with van der Waals surface area (Å²) in [5.74, 6) is 0.247. The molecule has 0 spiro atoms. The van der Waals surface area contributed by atoms with Gasteiger partial charge in [-0.3, -0.25) is 4.79 Å². The predicted molar refractivity (Wildman–Crippen MR) is 113 cm³/mol. The van der Waals surface area contributed by atoms with E-state index in [0.717, 1.165) is 16.6 Å². The van der Waals surface area contributed by atoms with Crippen LogP contribution in [-0.4, -0.2) is 42.2 Å². The van der Waals surface area contributed by atoms with Gasteiger partial charge in [0.15, 0.2) is 11.5 Å². The number of ether oxygens (including phenoxy) is 2. The van der Waals surface area contributed by atoms with Gasteiger partial charge in [0.25, 0.3) is 0 Å². The van der Waals surface area contributed by atoms with E-state index in [9.17, 15) is 14.7 Å². The molecule has 2 aromatic carbocycles. The van der Waals surface area contributed by atoms with Crippen LogP contribution in [0.4, 0.5) is 11.5 Å². The van der Waals surface area contributed by atoms with Gasteiger partial charge < -0.3 is 25.2 Å². The molecule has 30 heavy (non-hydrogen) atoms. The minimum atomic E-state index is -0.738. The van der Waals surface area contributed by atoms with Crippen molar-refractivity contribution in [1.29, 1.82) is 0 Å². The van der Waals surface area contributed by atoms with E-state index in [4.69, 9.17) is 9.47 Å². The van der Waals surface area contributed by atoms with Gasteiger partial charge in [-0.2, -0.15) is 0 Å². The number of carbonyl (C=O) groups is 2. The first-order chi connectivity index (χ1) is 14.4. The molecular formula is C22H23N3O5. The number of fused-ring (bicyclic) bond motifs is 1. The maximum absolute atomic E-state index is 11.8. The third-order valence-electron chi connectivity index (χ3n) is 4.52. The zero-order valence-corrected chi connectivity index (χ0v) is 16.9. The molecule has 1 amide bonds. The Morgan fingerprint density at radius 2 is 1.83 bits per heavy atom. The number of pyridine rings is 1. The quantitative estimate of drug-likeness (QED) is 0.515. The first-order valence-electron chi connectivity index (χ1n) is 9.28. The Morgan fingerprint density at radius 3 is 2.47 bits per heavy atom. The van der Waals surface area contributed by atoms with Crippen molar-refractivity contribution in [3.8, 4) is 11.5 Å². The van der Waals surface area contributed by atoms with E-state index >= 15 is 0 Å². The maximum Gasteiger partial charge on any atom is 0.328 e. The molecule has 0 saturated carbocycles. The normalized spacial score (nSPS) is 11.6. The Balaban J connectivity index is 1.73. The fraction of sp³-hybridized carbons (Fsp3) is 0.227. The fourth-order valence-electron chi connectivity index (χ4n) is 3.06. The lowest BCUT2D eigenvalue weighted by Gasteiger charge is -2.16. The van der Waals surface area contributed by atoms with Gasteiger partial charge in [-0.15, -0.1) is 0 Å². The molecule has 3 aromatic rings. The first kappa shape index (κ1) is 20.9. The number of nitrogens with zero attached hydrogens (tertiary/aromatic N) is 1. The average Bonchev–Trinajstić information content (AvgIpc) is 2.73. The second-order valence-corrected chi connectivity index (χ2v) is 6.72. The molecule has 0 aliphatic rings. The SMILES string of the molecule is COC(=O)C(Cc1ccc(Nc2ccc3cc(OC)c(O)cc3n2)cc1)NC(C)=O. The zero-order valence-electron chi connectivity index (χ0n) is 16.9. The standard InChI is InChI=1S/C22H23N3O5/c1-13(26)23-18(22(28)30-3)10-14-4-7-16(8-5-14)24-21-9-6-15-11-20(29-2)19(27)12-17(15)25-21/h4-9,11-12,18,27H,10H2,1-3H3,(H,23,26)(H,24,25). The number of rotatable bonds is 7. The smallest absolute Gasteiger partial charge is 0.328 e. The Hall–Kier alpha value is -3.81. The van der Waals surface area contributed by atoms with Gasteiger partial charge in [-0.05, 0) is 35.9 Å². The van der Waals surface area contributed by atoms with E-state index in [0.29, 0.717) is 23.5 Å². The lowest BCUT2D eigenvalue weighted by atomic mass is 10.1. The van der Waals surface area contributed by atoms with Gasteiger partial charge in [0.2, 0.25) is 5.91 Å². The molecule has 8 heteroatoms. The van der Waals surface area contributed by atoms with Crippen molar-refractivity contribution < 1.29 is 24.2 Å². The van der Waals surface area contributed by atoms with Crippen LogP contribution in [0.5, 0.6) is 11.5 Å². The number of carbonyl (C=O) groups excluding carboxylic acids is 2. The third kappa shape index (κ3) is 4.96. The Kier molecular flexibility index (Phi) is 6.36. The number of methoxy groups -OCH3 is 2. The summed E-state index contributed by atoms with van der Waals surface area (Å²) in [5.41, 5.74) is 2.30. The first-order valence-corrected chi connectivity index (χ1v) is 9.28. The zero-order chi connectivity index (χ0) is 21.7. The summed E-state index contributed by atoms with van der Waals surface area (Å²) >= 11 is 0. The fourth-order valence-corrected chi connectivity index (χ4v) is 3.06. The number of hydrogen-bond acceptors (Lipinski definition) is 7. The number of amides is 1. The minimum Gasteiger partial charge on any atom is -0.504 e. The molecule has 0 fully saturated rings. The summed E-state index contributed by atoms with van der Waals surface area (Å²) in [6.45, 7) is 1.36. The summed E-state index contributed by atoms with van der Waals surface area (Å²) in [5, 5.41) is 16.6. The van der Waals surface area contributed by atoms with Crippen molar-refractivity contribution in [1.82, 2.24) is 10.3 Å². The summed E-state index contributed by atoms with van der Waals surface area (Å²) < 4.78 is 9.86. The van der Waals surface area contributed by atoms with Crippen molar-refractivity contribution in [2.24, 2.45) is 0 Å². The molecule has 0 aliphatic heterocycles. The second-order valence-electron chi connectivity index (χ2n) is 6.72. The number of esters is 1. The van der Waals surface area contributed by atoms with Crippen molar-refractivity contribution in [2.45, 2.75) is 19.4 Å². The molecule has 0 aliphatic carbocycles. The number of phenolic OH excluding ortho intramolecular Hbond substituents is 1. The van der Waals surface area contributed by atoms with E-state index in [-0.39, 0.29) is 11.7 Å². The van der Waals surface area contributed by atoms with Crippen molar-refractivity contribution in [3.63, 3.8) is 0 Å². The molecule has 8 nitrogen and oxygen atoms in total. The molecule has 1 aromatic heterocycles. The number of benzene rings is 2. The highest BCUT2D eigenvalue weighted by molar-refractivity contribution is 5.85. The van der Waals surface area contributed by atoms with Crippen LogP contribution in [0.3, 0.4) is 0 Å². The Morgan fingerprint density at radius 1 is 1.10 bits per heavy atom. The summed E-state index contributed by atoms with van der Waals surface area (Å²) in [4.78, 5) is 27.7. The highest BCUT2D eigenvalue weighted by atomic mass is 16.5. The topological polar surface area (TPSA) is 110 Å². The van der Waals surface area contributed by atoms with Crippen LogP contribution in [-0.2, 0) is 20.7 Å². The molecule has 0 saturated heterocycles. The lowest BCUT2D eigenvalue weighted by Crippen LogP contribution is -2.41. The molecule has 3 N–H and O–H groups in total. The van der Waals surface area contributed by atoms with Crippen LogP contribution in [0.25, 0.3) is 10.9 Å². The van der Waals surface area contributed by atoms with Crippen LogP contribution >= 0.6 is 0 Å². The summed E-state index contributed by atoms with van der Waals surface area (Å²) in [6, 6.07) is 13.7. The Bertz CT molecular complexity index is 1070. The van der Waals surface area contributed by atoms with E-state index < -0.39 is 12.0 Å². The highest BCUT2D eigenvalue weighted by Gasteiger charge is 2.20. The van der Waals surface area contributed by atoms with Gasteiger partial charge in [0.1, 0.15) is 11.9 Å². The van der Waals surface area contributed by atoms with Gasteiger partial charge in [0.05, 0.1) is 19.7 Å². The number of anilines is 2. The van der Waals surface area contributed by atoms with Crippen LogP contribution < -0.4 is 15.4 Å². The molecular weight excluding hydrogens is 386 g/mol. The number of hydrogen-bond donors (Lipinski definition) is 3. The van der Waals surface area contributed by atoms with E-state index in [1.165, 1.54) is 21.1 Å². The Labute approximate surface area is 173 Å². The average molecular weight is 409 g/mol. The highest BCUT2D eigenvalue weighted by Crippen LogP contribution is 2.31. The number of phenols is 1. The molecule has 3 rings (SSSR count). The number of nitrogens with one attached hydrogen (secondary N) is 2. The van der Waals surface area contributed by atoms with Crippen LogP contribution in [0, 0.1) is 0 Å². The molecule has 1 heterocycles. The predicted octanol–water partition coefficient (Wildman–Crippen LogP) is 2.91. The van der Waals surface area contributed by atoms with Crippen LogP contribution in [0.1, 0.15) is 12.5 Å². The van der Waals surface area contributed by atoms with E-state index in [1.54, 1.807) is 12.1 Å². The van der Waals surface area contributed by atoms with Crippen LogP contribution in [0.2, 0.25) is 0 Å². The number of aromatic nitrogens is 1. The van der Waals surface area contributed by atoms with Crippen LogP contribution in [0.15, 0.2) is 48.5 Å². The van der Waals surface area contributed by atoms with E-state index in [1.807, 2.05) is 36.4 Å². The van der Waals surface area contributed by atoms with Gasteiger partial charge in [-0.1, -0.05) is 12.1 Å². The number of aromatic hydroxyl groups is 1. The van der Waals surface area contributed by atoms with Gasteiger partial charge >= 0.3 is 5.97 Å². The monoisotopic (exact) mass is 409 g/mol. The van der Waals surface area contributed by atoms with Gasteiger partial charge in [-0.25, -0.2) is 9.78 Å². The van der Waals surface area contributed by atoms with Crippen molar-refractivity contribution in [3.05, 3.63) is 54.1 Å². The van der Waals surface area contributed by atoms with Crippen molar-refractivity contribution >= 4 is 34.3 Å². The van der Waals surface area contributed by atoms with Crippen molar-refractivity contribution in [2.75, 3.05) is 19.5 Å². The maximum atomic E-state index is 11.8. The summed E-state index contributed by atoms with van der Waals surface area (Å²) in [7, 11) is 2.79. The summed E-state index contributed by atoms with van der Waals surface area (Å²) in [6.07, 6.45) is 0.321. The van der Waals surface area contributed by atoms with E-state index in [2.05, 4.69) is 15.6 Å². The second kappa shape index (κ2) is 9.13. The molecule has 1 atom stereocenters. The molecule has 0 bridgehead atoms. The largest absolute Gasteiger partial charge is 0.504 e. The van der Waals surface area contributed by atoms with Gasteiger partial charge in [0, 0.05) is 30.5 Å². The third-order valence-corrected chi connectivity index (χ3v) is 4.52. The lowest BCUT2D eigenvalue weighted by molar-refractivity contribution is -0.144. The molecule has 0 radical (unpaired) electrons.